The largest absolute Gasteiger partial charge is 0.310 e. The number of nitrogens with zero attached hydrogens (tertiary/aromatic N) is 2. The zero-order chi connectivity index (χ0) is 35.6. The van der Waals surface area contributed by atoms with Gasteiger partial charge in [0, 0.05) is 33.3 Å². The molecule has 0 aliphatic heterocycles. The zero-order valence-corrected chi connectivity index (χ0v) is 29.5. The lowest BCUT2D eigenvalue weighted by Crippen LogP contribution is -2.12. The number of anilines is 3. The van der Waals surface area contributed by atoms with Crippen molar-refractivity contribution in [2.75, 3.05) is 4.90 Å². The first-order valence-electron chi connectivity index (χ1n) is 18.6. The van der Waals surface area contributed by atoms with Gasteiger partial charge in [0.1, 0.15) is 0 Å². The number of rotatable bonds is 6. The predicted octanol–water partition coefficient (Wildman–Crippen LogP) is 14.4. The predicted molar refractivity (Wildman–Crippen MR) is 228 cm³/mol. The first-order valence-corrected chi connectivity index (χ1v) is 18.6. The highest BCUT2D eigenvalue weighted by molar-refractivity contribution is 6.16. The van der Waals surface area contributed by atoms with Crippen molar-refractivity contribution in [3.05, 3.63) is 206 Å². The summed E-state index contributed by atoms with van der Waals surface area (Å²) in [5.74, 6) is 0. The minimum atomic E-state index is 1.09. The Bertz CT molecular complexity index is 2990. The molecular weight excluding hydrogens is 653 g/mol. The summed E-state index contributed by atoms with van der Waals surface area (Å²) >= 11 is 0. The van der Waals surface area contributed by atoms with E-state index in [1.807, 2.05) is 0 Å². The summed E-state index contributed by atoms with van der Waals surface area (Å²) in [6.07, 6.45) is 0. The summed E-state index contributed by atoms with van der Waals surface area (Å²) in [5, 5.41) is 5.11. The summed E-state index contributed by atoms with van der Waals surface area (Å²) in [5.41, 5.74) is 16.7. The van der Waals surface area contributed by atoms with Crippen LogP contribution in [0.5, 0.6) is 0 Å². The van der Waals surface area contributed by atoms with Crippen molar-refractivity contribution in [1.82, 2.24) is 4.57 Å². The summed E-state index contributed by atoms with van der Waals surface area (Å²) in [6, 6.07) is 75.3. The molecule has 0 N–H and O–H groups in total. The molecule has 0 fully saturated rings. The lowest BCUT2D eigenvalue weighted by Gasteiger charge is -2.29. The van der Waals surface area contributed by atoms with Crippen LogP contribution in [0.3, 0.4) is 0 Å². The molecule has 9 aromatic carbocycles. The van der Waals surface area contributed by atoms with E-state index in [1.54, 1.807) is 0 Å². The summed E-state index contributed by atoms with van der Waals surface area (Å²) in [4.78, 5) is 2.46. The third-order valence-electron chi connectivity index (χ3n) is 11.1. The SMILES string of the molecule is c1ccc(-c2ccccc2N(c2ccc3c(c2)-c2cccc4cccc-3c24)c2ccc(-c3ccccc3)c(-n3c4ccccc4c4ccccc43)c2)cc1. The van der Waals surface area contributed by atoms with Gasteiger partial charge >= 0.3 is 0 Å². The third kappa shape index (κ3) is 4.67. The molecule has 252 valence electrons. The summed E-state index contributed by atoms with van der Waals surface area (Å²) < 4.78 is 2.46. The normalized spacial score (nSPS) is 11.7. The number of fused-ring (bicyclic) bond motifs is 6. The quantitative estimate of drug-likeness (QED) is 0.169. The molecule has 0 saturated heterocycles. The molecule has 0 saturated carbocycles. The van der Waals surface area contributed by atoms with Gasteiger partial charge in [-0.3, -0.25) is 0 Å². The molecule has 2 nitrogen and oxygen atoms in total. The first kappa shape index (κ1) is 30.5. The summed E-state index contributed by atoms with van der Waals surface area (Å²) in [7, 11) is 0. The van der Waals surface area contributed by atoms with Crippen LogP contribution in [0.15, 0.2) is 206 Å². The van der Waals surface area contributed by atoms with Crippen LogP contribution in [-0.2, 0) is 0 Å². The number of benzene rings is 9. The highest BCUT2D eigenvalue weighted by Crippen LogP contribution is 2.51. The van der Waals surface area contributed by atoms with E-state index in [0.29, 0.717) is 0 Å². The molecule has 0 atom stereocenters. The lowest BCUT2D eigenvalue weighted by atomic mass is 9.98. The number of para-hydroxylation sites is 3. The van der Waals surface area contributed by atoms with Crippen molar-refractivity contribution in [2.45, 2.75) is 0 Å². The maximum Gasteiger partial charge on any atom is 0.0561 e. The molecule has 0 amide bonds. The molecule has 0 unspecified atom stereocenters. The minimum Gasteiger partial charge on any atom is -0.310 e. The average Bonchev–Trinajstić information content (AvgIpc) is 3.75. The van der Waals surface area contributed by atoms with E-state index in [1.165, 1.54) is 77.1 Å². The number of hydrogen-bond donors (Lipinski definition) is 0. The second kappa shape index (κ2) is 12.2. The smallest absolute Gasteiger partial charge is 0.0561 e. The Morgan fingerprint density at radius 2 is 0.852 bits per heavy atom. The standard InChI is InChI=1S/C52H34N2/c1-3-15-35(16-4-1)40-21-7-10-26-48(40)53(38-30-32-42-45-24-13-19-37-20-14-25-46(52(37)45)47(42)33-38)39-29-31-41(36-17-5-2-6-18-36)51(34-39)54-49-27-11-8-22-43(49)44-23-9-12-28-50(44)54/h1-34H. The Balaban J connectivity index is 1.20. The zero-order valence-electron chi connectivity index (χ0n) is 29.5. The van der Waals surface area contributed by atoms with Gasteiger partial charge < -0.3 is 9.47 Å². The van der Waals surface area contributed by atoms with E-state index in [2.05, 4.69) is 216 Å². The van der Waals surface area contributed by atoms with E-state index in [-0.39, 0.29) is 0 Å². The molecule has 1 aliphatic rings. The van der Waals surface area contributed by atoms with Crippen LogP contribution in [0.4, 0.5) is 17.1 Å². The molecule has 0 radical (unpaired) electrons. The minimum absolute atomic E-state index is 1.09. The topological polar surface area (TPSA) is 8.17 Å². The Kier molecular flexibility index (Phi) is 6.90. The van der Waals surface area contributed by atoms with E-state index in [0.717, 1.165) is 22.7 Å². The van der Waals surface area contributed by atoms with Crippen LogP contribution >= 0.6 is 0 Å². The Morgan fingerprint density at radius 3 is 1.54 bits per heavy atom. The molecule has 1 aromatic heterocycles. The molecule has 0 bridgehead atoms. The van der Waals surface area contributed by atoms with Crippen molar-refractivity contribution < 1.29 is 0 Å². The molecule has 54 heavy (non-hydrogen) atoms. The molecule has 11 rings (SSSR count). The average molecular weight is 687 g/mol. The van der Waals surface area contributed by atoms with Gasteiger partial charge in [-0.05, 0) is 86.6 Å². The van der Waals surface area contributed by atoms with Crippen molar-refractivity contribution in [3.63, 3.8) is 0 Å². The fourth-order valence-corrected chi connectivity index (χ4v) is 8.76. The molecule has 0 spiro atoms. The van der Waals surface area contributed by atoms with Crippen molar-refractivity contribution >= 4 is 49.6 Å². The maximum atomic E-state index is 2.46. The lowest BCUT2D eigenvalue weighted by molar-refractivity contribution is 1.17. The molecule has 1 aliphatic carbocycles. The van der Waals surface area contributed by atoms with Crippen molar-refractivity contribution in [1.29, 1.82) is 0 Å². The first-order chi connectivity index (χ1) is 26.8. The fraction of sp³-hybridized carbons (Fsp3) is 0. The molecule has 10 aromatic rings. The van der Waals surface area contributed by atoms with Crippen LogP contribution in [-0.4, -0.2) is 4.57 Å². The molecule has 2 heteroatoms. The monoisotopic (exact) mass is 686 g/mol. The second-order valence-electron chi connectivity index (χ2n) is 14.1. The van der Waals surface area contributed by atoms with Gasteiger partial charge in [0.05, 0.1) is 22.4 Å². The van der Waals surface area contributed by atoms with Gasteiger partial charge in [-0.2, -0.15) is 0 Å². The van der Waals surface area contributed by atoms with E-state index < -0.39 is 0 Å². The maximum absolute atomic E-state index is 2.46. The Labute approximate surface area is 314 Å². The van der Waals surface area contributed by atoms with Crippen LogP contribution in [0.25, 0.3) is 82.8 Å². The second-order valence-corrected chi connectivity index (χ2v) is 14.1. The van der Waals surface area contributed by atoms with E-state index >= 15 is 0 Å². The van der Waals surface area contributed by atoms with Crippen LogP contribution in [0, 0.1) is 0 Å². The van der Waals surface area contributed by atoms with Gasteiger partial charge in [0.25, 0.3) is 0 Å². The Morgan fingerprint density at radius 1 is 0.333 bits per heavy atom. The molecule has 1 heterocycles. The van der Waals surface area contributed by atoms with Gasteiger partial charge in [-0.25, -0.2) is 0 Å². The van der Waals surface area contributed by atoms with Crippen LogP contribution in [0.2, 0.25) is 0 Å². The van der Waals surface area contributed by atoms with Gasteiger partial charge in [-0.15, -0.1) is 0 Å². The Hall–Kier alpha value is -7.16. The van der Waals surface area contributed by atoms with Gasteiger partial charge in [0.2, 0.25) is 0 Å². The van der Waals surface area contributed by atoms with Gasteiger partial charge in [-0.1, -0.05) is 164 Å². The van der Waals surface area contributed by atoms with Crippen LogP contribution < -0.4 is 4.90 Å². The van der Waals surface area contributed by atoms with Crippen molar-refractivity contribution in [2.24, 2.45) is 0 Å². The number of aromatic nitrogens is 1. The number of hydrogen-bond acceptors (Lipinski definition) is 1. The van der Waals surface area contributed by atoms with Gasteiger partial charge in [0.15, 0.2) is 0 Å². The highest BCUT2D eigenvalue weighted by Gasteiger charge is 2.25. The third-order valence-corrected chi connectivity index (χ3v) is 11.1. The van der Waals surface area contributed by atoms with E-state index in [9.17, 15) is 0 Å². The van der Waals surface area contributed by atoms with Crippen LogP contribution in [0.1, 0.15) is 0 Å². The molecular formula is C52H34N2. The fourth-order valence-electron chi connectivity index (χ4n) is 8.76. The highest BCUT2D eigenvalue weighted by atomic mass is 15.1. The summed E-state index contributed by atoms with van der Waals surface area (Å²) in [6.45, 7) is 0. The van der Waals surface area contributed by atoms with E-state index in [4.69, 9.17) is 0 Å². The van der Waals surface area contributed by atoms with Crippen molar-refractivity contribution in [3.8, 4) is 50.2 Å².